The van der Waals surface area contributed by atoms with Crippen molar-refractivity contribution >= 4 is 10.9 Å². The molecular weight excluding hydrogens is 368 g/mol. The van der Waals surface area contributed by atoms with Crippen molar-refractivity contribution in [3.05, 3.63) is 107 Å². The number of hydrogen-bond donors (Lipinski definition) is 0. The lowest BCUT2D eigenvalue weighted by atomic mass is 10.1. The van der Waals surface area contributed by atoms with Crippen molar-refractivity contribution < 1.29 is 4.74 Å². The first kappa shape index (κ1) is 18.8. The lowest BCUT2D eigenvalue weighted by Gasteiger charge is -2.24. The second-order valence-electron chi connectivity index (χ2n) is 8.01. The maximum absolute atomic E-state index is 6.52. The Labute approximate surface area is 178 Å². The highest BCUT2D eigenvalue weighted by molar-refractivity contribution is 5.81. The highest BCUT2D eigenvalue weighted by Crippen LogP contribution is 2.33. The van der Waals surface area contributed by atoms with E-state index in [4.69, 9.17) is 9.72 Å². The maximum Gasteiger partial charge on any atom is 0.219 e. The van der Waals surface area contributed by atoms with Crippen molar-refractivity contribution in [3.63, 3.8) is 0 Å². The monoisotopic (exact) mass is 394 g/mol. The summed E-state index contributed by atoms with van der Waals surface area (Å²) >= 11 is 0. The van der Waals surface area contributed by atoms with E-state index in [0.29, 0.717) is 0 Å². The van der Waals surface area contributed by atoms with Gasteiger partial charge in [-0.3, -0.25) is 4.90 Å². The van der Waals surface area contributed by atoms with Gasteiger partial charge in [-0.1, -0.05) is 73.7 Å². The zero-order valence-electron chi connectivity index (χ0n) is 17.3. The van der Waals surface area contributed by atoms with Gasteiger partial charge < -0.3 is 4.74 Å². The number of hydrogen-bond acceptors (Lipinski definition) is 3. The van der Waals surface area contributed by atoms with E-state index in [0.717, 1.165) is 43.0 Å². The van der Waals surface area contributed by atoms with Gasteiger partial charge in [-0.2, -0.15) is 0 Å². The second kappa shape index (κ2) is 8.29. The average Bonchev–Trinajstić information content (AvgIpc) is 2.97. The van der Waals surface area contributed by atoms with Crippen LogP contribution < -0.4 is 4.74 Å². The fourth-order valence-electron chi connectivity index (χ4n) is 4.20. The minimum absolute atomic E-state index is 0.0453. The van der Waals surface area contributed by atoms with Crippen molar-refractivity contribution in [2.24, 2.45) is 0 Å². The van der Waals surface area contributed by atoms with Crippen LogP contribution in [0.5, 0.6) is 5.88 Å². The molecule has 2 heterocycles. The predicted molar refractivity (Wildman–Crippen MR) is 121 cm³/mol. The third-order valence-electron chi connectivity index (χ3n) is 5.82. The van der Waals surface area contributed by atoms with Gasteiger partial charge in [0.05, 0.1) is 5.52 Å². The summed E-state index contributed by atoms with van der Waals surface area (Å²) in [4.78, 5) is 7.39. The second-order valence-corrected chi connectivity index (χ2v) is 8.01. The van der Waals surface area contributed by atoms with Crippen molar-refractivity contribution in [2.45, 2.75) is 32.5 Å². The molecule has 4 aromatic rings. The molecule has 3 heteroatoms. The smallest absolute Gasteiger partial charge is 0.219 e. The van der Waals surface area contributed by atoms with Crippen LogP contribution in [0.3, 0.4) is 0 Å². The summed E-state index contributed by atoms with van der Waals surface area (Å²) in [5.74, 6) is 0.760. The molecule has 1 aromatic heterocycles. The van der Waals surface area contributed by atoms with Gasteiger partial charge in [-0.25, -0.2) is 4.98 Å². The molecule has 0 fully saturated rings. The summed E-state index contributed by atoms with van der Waals surface area (Å²) in [7, 11) is 0. The fourth-order valence-corrected chi connectivity index (χ4v) is 4.20. The zero-order chi connectivity index (χ0) is 20.3. The minimum Gasteiger partial charge on any atom is -0.468 e. The summed E-state index contributed by atoms with van der Waals surface area (Å²) in [5, 5.41) is 1.19. The molecule has 0 amide bonds. The molecule has 1 atom stereocenters. The molecule has 0 N–H and O–H groups in total. The Hall–Kier alpha value is -3.17. The molecule has 3 aromatic carbocycles. The topological polar surface area (TPSA) is 25.4 Å². The molecule has 1 aliphatic rings. The molecule has 0 spiro atoms. The number of rotatable bonds is 4. The molecule has 0 aliphatic carbocycles. The van der Waals surface area contributed by atoms with Crippen LogP contribution in [0.25, 0.3) is 10.9 Å². The first-order valence-corrected chi connectivity index (χ1v) is 10.7. The Morgan fingerprint density at radius 1 is 0.900 bits per heavy atom. The predicted octanol–water partition coefficient (Wildman–Crippen LogP) is 5.93. The maximum atomic E-state index is 6.52. The lowest BCUT2D eigenvalue weighted by Crippen LogP contribution is -2.27. The Morgan fingerprint density at radius 3 is 2.43 bits per heavy atom. The third kappa shape index (κ3) is 3.94. The van der Waals surface area contributed by atoms with Gasteiger partial charge in [0.15, 0.2) is 0 Å². The van der Waals surface area contributed by atoms with Crippen molar-refractivity contribution in [2.75, 3.05) is 6.54 Å². The molecule has 150 valence electrons. The van der Waals surface area contributed by atoms with Crippen LogP contribution in [0.2, 0.25) is 0 Å². The number of nitrogens with zero attached hydrogens (tertiary/aromatic N) is 2. The van der Waals surface area contributed by atoms with Gasteiger partial charge in [0, 0.05) is 30.6 Å². The van der Waals surface area contributed by atoms with Gasteiger partial charge in [-0.05, 0) is 41.3 Å². The summed E-state index contributed by atoms with van der Waals surface area (Å²) < 4.78 is 6.52. The highest BCUT2D eigenvalue weighted by Gasteiger charge is 2.25. The average molecular weight is 395 g/mol. The van der Waals surface area contributed by atoms with E-state index >= 15 is 0 Å². The quantitative estimate of drug-likeness (QED) is 0.429. The SMILES string of the molecule is CCc1ccc2nc3c(cc2c1)CN(Cc1ccccc1)C[C@H](c1ccccc1)O3. The fraction of sp³-hybridized carbons (Fsp3) is 0.222. The van der Waals surface area contributed by atoms with Gasteiger partial charge in [-0.15, -0.1) is 0 Å². The third-order valence-corrected chi connectivity index (χ3v) is 5.82. The summed E-state index contributed by atoms with van der Waals surface area (Å²) in [6.45, 7) is 4.73. The molecule has 1 aliphatic heterocycles. The summed E-state index contributed by atoms with van der Waals surface area (Å²) in [6, 6.07) is 29.9. The number of fused-ring (bicyclic) bond motifs is 2. The van der Waals surface area contributed by atoms with Crippen LogP contribution in [-0.2, 0) is 19.5 Å². The number of pyridine rings is 1. The van der Waals surface area contributed by atoms with Crippen LogP contribution in [0.15, 0.2) is 84.9 Å². The van der Waals surface area contributed by atoms with E-state index < -0.39 is 0 Å². The molecule has 0 unspecified atom stereocenters. The molecule has 30 heavy (non-hydrogen) atoms. The molecule has 3 nitrogen and oxygen atoms in total. The molecular formula is C27H26N2O. The zero-order valence-corrected chi connectivity index (χ0v) is 17.3. The number of aromatic nitrogens is 1. The minimum atomic E-state index is -0.0453. The molecule has 0 bridgehead atoms. The van der Waals surface area contributed by atoms with E-state index in [9.17, 15) is 0 Å². The first-order chi connectivity index (χ1) is 14.8. The van der Waals surface area contributed by atoms with E-state index in [-0.39, 0.29) is 6.10 Å². The van der Waals surface area contributed by atoms with Gasteiger partial charge >= 0.3 is 0 Å². The van der Waals surface area contributed by atoms with E-state index in [2.05, 4.69) is 90.7 Å². The normalized spacial score (nSPS) is 16.6. The molecule has 0 radical (unpaired) electrons. The van der Waals surface area contributed by atoms with Gasteiger partial charge in [0.2, 0.25) is 5.88 Å². The van der Waals surface area contributed by atoms with Crippen molar-refractivity contribution in [3.8, 4) is 5.88 Å². The summed E-state index contributed by atoms with van der Waals surface area (Å²) in [5.41, 5.74) is 5.99. The van der Waals surface area contributed by atoms with Crippen molar-refractivity contribution in [1.82, 2.24) is 9.88 Å². The lowest BCUT2D eigenvalue weighted by molar-refractivity contribution is 0.140. The molecule has 5 rings (SSSR count). The van der Waals surface area contributed by atoms with Crippen molar-refractivity contribution in [1.29, 1.82) is 0 Å². The first-order valence-electron chi connectivity index (χ1n) is 10.7. The number of ether oxygens (including phenoxy) is 1. The number of benzene rings is 3. The molecule has 0 saturated heterocycles. The van der Waals surface area contributed by atoms with Gasteiger partial charge in [0.1, 0.15) is 6.10 Å². The van der Waals surface area contributed by atoms with E-state index in [1.807, 2.05) is 6.07 Å². The number of aryl methyl sites for hydroxylation is 1. The Kier molecular flexibility index (Phi) is 5.20. The van der Waals surface area contributed by atoms with Gasteiger partial charge in [0.25, 0.3) is 0 Å². The largest absolute Gasteiger partial charge is 0.468 e. The Bertz CT molecular complexity index is 1140. The van der Waals surface area contributed by atoms with Crippen LogP contribution >= 0.6 is 0 Å². The Morgan fingerprint density at radius 2 is 1.67 bits per heavy atom. The standard InChI is InChI=1S/C27H26N2O/c1-2-20-13-14-25-23(15-20)16-24-18-29(17-21-9-5-3-6-10-21)19-26(30-27(24)28-25)22-11-7-4-8-12-22/h3-16,26H,2,17-19H2,1H3/t26-/m1/s1. The summed E-state index contributed by atoms with van der Waals surface area (Å²) in [6.07, 6.45) is 0.982. The Balaban J connectivity index is 1.55. The van der Waals surface area contributed by atoms with Crippen LogP contribution in [0.4, 0.5) is 0 Å². The van der Waals surface area contributed by atoms with Crippen LogP contribution in [0.1, 0.15) is 35.3 Å². The van der Waals surface area contributed by atoms with Crippen LogP contribution in [0, 0.1) is 0 Å². The van der Waals surface area contributed by atoms with E-state index in [1.54, 1.807) is 0 Å². The highest BCUT2D eigenvalue weighted by atomic mass is 16.5. The van der Waals surface area contributed by atoms with E-state index in [1.165, 1.54) is 22.1 Å². The molecule has 0 saturated carbocycles. The van der Waals surface area contributed by atoms with Crippen LogP contribution in [-0.4, -0.2) is 16.4 Å².